The Morgan fingerprint density at radius 2 is 2.14 bits per heavy atom. The second kappa shape index (κ2) is 7.96. The number of benzene rings is 1. The lowest BCUT2D eigenvalue weighted by atomic mass is 10.1. The van der Waals surface area contributed by atoms with Crippen molar-refractivity contribution in [2.45, 2.75) is 6.10 Å². The average molecular weight is 375 g/mol. The van der Waals surface area contributed by atoms with Crippen LogP contribution < -0.4 is 10.6 Å². The van der Waals surface area contributed by atoms with Gasteiger partial charge >= 0.3 is 0 Å². The molecule has 1 aliphatic rings. The molecule has 1 aliphatic heterocycles. The summed E-state index contributed by atoms with van der Waals surface area (Å²) in [6.45, 7) is 2.33. The first-order chi connectivity index (χ1) is 13.7. The fourth-order valence-corrected chi connectivity index (χ4v) is 2.85. The number of carbonyl (C=O) groups is 1. The molecule has 1 amide bonds. The molecule has 1 aromatic carbocycles. The molecule has 0 aliphatic carbocycles. The van der Waals surface area contributed by atoms with Gasteiger partial charge in [-0.3, -0.25) is 9.78 Å². The molecule has 0 radical (unpaired) electrons. The van der Waals surface area contributed by atoms with Gasteiger partial charge in [0, 0.05) is 25.0 Å². The number of rotatable bonds is 4. The van der Waals surface area contributed by atoms with Crippen molar-refractivity contribution in [3.05, 3.63) is 65.9 Å². The van der Waals surface area contributed by atoms with E-state index < -0.39 is 0 Å². The lowest BCUT2D eigenvalue weighted by Crippen LogP contribution is -2.33. The number of carbonyl (C=O) groups excluding carboxylic acids is 1. The second-order valence-corrected chi connectivity index (χ2v) is 6.19. The van der Waals surface area contributed by atoms with Gasteiger partial charge in [-0.05, 0) is 17.7 Å². The molecular formula is C19H17N7O2. The molecule has 0 bridgehead atoms. The summed E-state index contributed by atoms with van der Waals surface area (Å²) in [5, 5.41) is 19.2. The highest BCUT2D eigenvalue weighted by molar-refractivity contribution is 6.03. The van der Waals surface area contributed by atoms with Crippen LogP contribution in [0.4, 0.5) is 5.69 Å². The Morgan fingerprint density at radius 1 is 1.29 bits per heavy atom. The third-order valence-corrected chi connectivity index (χ3v) is 4.28. The molecule has 4 rings (SSSR count). The third kappa shape index (κ3) is 3.88. The van der Waals surface area contributed by atoms with Crippen LogP contribution in [0.5, 0.6) is 0 Å². The van der Waals surface area contributed by atoms with Gasteiger partial charge in [0.2, 0.25) is 0 Å². The van der Waals surface area contributed by atoms with Gasteiger partial charge in [-0.15, -0.1) is 0 Å². The minimum atomic E-state index is -0.293. The number of nitrogens with zero attached hydrogens (tertiary/aromatic N) is 5. The number of nitrogens with one attached hydrogen (secondary N) is 2. The average Bonchev–Trinajstić information content (AvgIpc) is 3.25. The zero-order valence-corrected chi connectivity index (χ0v) is 14.9. The van der Waals surface area contributed by atoms with Gasteiger partial charge in [0.1, 0.15) is 6.07 Å². The van der Waals surface area contributed by atoms with Crippen LogP contribution in [0.15, 0.2) is 49.1 Å². The molecule has 0 spiro atoms. The molecule has 9 nitrogen and oxygen atoms in total. The minimum Gasteiger partial charge on any atom is -0.371 e. The van der Waals surface area contributed by atoms with Crippen LogP contribution in [-0.4, -0.2) is 45.4 Å². The fraction of sp³-hybridized carbons (Fsp3) is 0.211. The minimum absolute atomic E-state index is 0.0296. The van der Waals surface area contributed by atoms with Crippen LogP contribution >= 0.6 is 0 Å². The Balaban J connectivity index is 1.44. The van der Waals surface area contributed by atoms with E-state index in [2.05, 4.69) is 25.7 Å². The van der Waals surface area contributed by atoms with Crippen molar-refractivity contribution in [3.63, 3.8) is 0 Å². The third-order valence-electron chi connectivity index (χ3n) is 4.28. The Kier molecular flexibility index (Phi) is 5.05. The van der Waals surface area contributed by atoms with Crippen molar-refractivity contribution in [1.29, 1.82) is 5.26 Å². The first-order valence-corrected chi connectivity index (χ1v) is 8.74. The highest BCUT2D eigenvalue weighted by Crippen LogP contribution is 2.21. The Morgan fingerprint density at radius 3 is 2.89 bits per heavy atom. The van der Waals surface area contributed by atoms with E-state index in [1.165, 1.54) is 29.5 Å². The molecule has 2 aromatic heterocycles. The lowest BCUT2D eigenvalue weighted by molar-refractivity contribution is 0.0277. The SMILES string of the molecule is N#Cc1cncc(-n2cc(C(=O)Nc3ccc(C4CNCCO4)cc3)cn2)n1. The van der Waals surface area contributed by atoms with Crippen LogP contribution in [0.2, 0.25) is 0 Å². The lowest BCUT2D eigenvalue weighted by Gasteiger charge is -2.24. The highest BCUT2D eigenvalue weighted by Gasteiger charge is 2.16. The predicted octanol–water partition coefficient (Wildman–Crippen LogP) is 1.45. The number of anilines is 1. The quantitative estimate of drug-likeness (QED) is 0.708. The van der Waals surface area contributed by atoms with Gasteiger partial charge < -0.3 is 15.4 Å². The Bertz CT molecular complexity index is 1020. The van der Waals surface area contributed by atoms with Crippen LogP contribution in [0, 0.1) is 11.3 Å². The van der Waals surface area contributed by atoms with Gasteiger partial charge in [-0.2, -0.15) is 10.4 Å². The monoisotopic (exact) mass is 375 g/mol. The molecule has 140 valence electrons. The number of ether oxygens (including phenoxy) is 1. The summed E-state index contributed by atoms with van der Waals surface area (Å²) in [6, 6.07) is 9.50. The van der Waals surface area contributed by atoms with E-state index in [-0.39, 0.29) is 17.7 Å². The molecule has 9 heteroatoms. The van der Waals surface area contributed by atoms with E-state index in [0.29, 0.717) is 23.7 Å². The zero-order valence-electron chi connectivity index (χ0n) is 14.9. The molecule has 1 unspecified atom stereocenters. The second-order valence-electron chi connectivity index (χ2n) is 6.19. The summed E-state index contributed by atoms with van der Waals surface area (Å²) < 4.78 is 7.13. The van der Waals surface area contributed by atoms with Gasteiger partial charge in [0.05, 0.1) is 36.9 Å². The Labute approximate surface area is 161 Å². The first-order valence-electron chi connectivity index (χ1n) is 8.74. The summed E-state index contributed by atoms with van der Waals surface area (Å²) in [7, 11) is 0. The van der Waals surface area contributed by atoms with E-state index in [1.54, 1.807) is 0 Å². The standard InChI is InChI=1S/C19H17N7O2/c20-7-16-9-22-11-18(24-16)26-12-14(8-23-26)19(27)25-15-3-1-13(2-4-15)17-10-21-5-6-28-17/h1-4,8-9,11-12,17,21H,5-6,10H2,(H,25,27). The van der Waals surface area contributed by atoms with Gasteiger partial charge in [-0.1, -0.05) is 12.1 Å². The van der Waals surface area contributed by atoms with Crippen LogP contribution in [0.1, 0.15) is 27.7 Å². The van der Waals surface area contributed by atoms with E-state index >= 15 is 0 Å². The van der Waals surface area contributed by atoms with Crippen molar-refractivity contribution in [2.75, 3.05) is 25.0 Å². The molecule has 1 atom stereocenters. The van der Waals surface area contributed by atoms with Crippen molar-refractivity contribution in [3.8, 4) is 11.9 Å². The molecule has 3 heterocycles. The molecular weight excluding hydrogens is 358 g/mol. The number of nitriles is 1. The van der Waals surface area contributed by atoms with E-state index in [9.17, 15) is 4.79 Å². The molecule has 0 saturated carbocycles. The molecule has 3 aromatic rings. The number of morpholine rings is 1. The smallest absolute Gasteiger partial charge is 0.258 e. The summed E-state index contributed by atoms with van der Waals surface area (Å²) in [4.78, 5) is 20.5. The highest BCUT2D eigenvalue weighted by atomic mass is 16.5. The van der Waals surface area contributed by atoms with Crippen molar-refractivity contribution in [1.82, 2.24) is 25.1 Å². The first kappa shape index (κ1) is 17.8. The van der Waals surface area contributed by atoms with Gasteiger partial charge in [0.15, 0.2) is 11.5 Å². The number of hydrogen-bond donors (Lipinski definition) is 2. The number of aromatic nitrogens is 4. The summed E-state index contributed by atoms with van der Waals surface area (Å²) in [6.07, 6.45) is 5.83. The van der Waals surface area contributed by atoms with Crippen molar-refractivity contribution >= 4 is 11.6 Å². The van der Waals surface area contributed by atoms with Crippen molar-refractivity contribution in [2.24, 2.45) is 0 Å². The largest absolute Gasteiger partial charge is 0.371 e. The maximum Gasteiger partial charge on any atom is 0.258 e. The number of amides is 1. The maximum absolute atomic E-state index is 12.5. The molecule has 28 heavy (non-hydrogen) atoms. The molecule has 2 N–H and O–H groups in total. The topological polar surface area (TPSA) is 118 Å². The zero-order chi connectivity index (χ0) is 19.3. The predicted molar refractivity (Wildman–Crippen MR) is 99.8 cm³/mol. The maximum atomic E-state index is 12.5. The Hall–Kier alpha value is -3.61. The summed E-state index contributed by atoms with van der Waals surface area (Å²) >= 11 is 0. The van der Waals surface area contributed by atoms with E-state index in [1.807, 2.05) is 30.3 Å². The summed E-state index contributed by atoms with van der Waals surface area (Å²) in [5.41, 5.74) is 2.29. The van der Waals surface area contributed by atoms with Crippen LogP contribution in [0.25, 0.3) is 5.82 Å². The van der Waals surface area contributed by atoms with E-state index in [0.717, 1.165) is 18.7 Å². The fourth-order valence-electron chi connectivity index (χ4n) is 2.85. The number of hydrogen-bond acceptors (Lipinski definition) is 7. The van der Waals surface area contributed by atoms with Gasteiger partial charge in [0.25, 0.3) is 5.91 Å². The van der Waals surface area contributed by atoms with Crippen LogP contribution in [0.3, 0.4) is 0 Å². The summed E-state index contributed by atoms with van der Waals surface area (Å²) in [5.74, 6) is 0.0718. The molecule has 1 saturated heterocycles. The normalized spacial score (nSPS) is 16.3. The van der Waals surface area contributed by atoms with Gasteiger partial charge in [-0.25, -0.2) is 9.67 Å². The van der Waals surface area contributed by atoms with Crippen molar-refractivity contribution < 1.29 is 9.53 Å². The van der Waals surface area contributed by atoms with Crippen LogP contribution in [-0.2, 0) is 4.74 Å². The molecule has 1 fully saturated rings. The van der Waals surface area contributed by atoms with E-state index in [4.69, 9.17) is 10.00 Å².